The molecule has 4 N–H and O–H groups in total. The van der Waals surface area contributed by atoms with E-state index in [1.165, 1.54) is 4.72 Å². The average molecular weight is 1450 g/mol. The van der Waals surface area contributed by atoms with E-state index < -0.39 is 126 Å². The van der Waals surface area contributed by atoms with Crippen LogP contribution in [0.5, 0.6) is 5.75 Å². The number of sulfonamides is 1. The molecule has 0 aromatic heterocycles. The number of alkyl halides is 16. The Morgan fingerprint density at radius 1 is 0.522 bits per heavy atom. The van der Waals surface area contributed by atoms with Gasteiger partial charge in [-0.15, -0.1) is 4.33 Å². The molecule has 0 heterocycles. The zero-order chi connectivity index (χ0) is 68.5. The maximum Gasteiger partial charge on any atom is 0.450 e. The number of hydrogen-bond donors (Lipinski definition) is 4. The lowest BCUT2D eigenvalue weighted by Gasteiger charge is -2.56. The molecule has 92 heavy (non-hydrogen) atoms. The van der Waals surface area contributed by atoms with Gasteiger partial charge in [-0.2, -0.15) is 91.1 Å². The van der Waals surface area contributed by atoms with Gasteiger partial charge >= 0.3 is 80.4 Å². The molecule has 12 rings (SSSR count). The Hall–Kier alpha value is -2.72. The predicted molar refractivity (Wildman–Crippen MR) is 293 cm³/mol. The summed E-state index contributed by atoms with van der Waals surface area (Å²) < 4.78 is 345. The van der Waals surface area contributed by atoms with Gasteiger partial charge in [-0.05, 0) is 186 Å². The minimum Gasteiger partial charge on any atom is -0.460 e. The van der Waals surface area contributed by atoms with Crippen molar-refractivity contribution in [2.24, 2.45) is 40.9 Å². The zero-order valence-electron chi connectivity index (χ0n) is 48.9. The summed E-state index contributed by atoms with van der Waals surface area (Å²) in [5.74, 6) is -14.1. The molecule has 11 aliphatic carbocycles. The van der Waals surface area contributed by atoms with Gasteiger partial charge in [0.15, 0.2) is 6.61 Å². The quantitative estimate of drug-likeness (QED) is 0.0169. The zero-order valence-corrected chi connectivity index (χ0v) is 53.0. The minimum absolute atomic E-state index is 0.0207. The maximum atomic E-state index is 15.0. The Bertz CT molecular complexity index is 3180. The van der Waals surface area contributed by atoms with Gasteiger partial charge in [0.1, 0.15) is 17.8 Å². The number of esters is 1. The molecular weight excluding hydrogens is 1380 g/mol. The van der Waals surface area contributed by atoms with Gasteiger partial charge in [-0.1, -0.05) is 75.0 Å². The van der Waals surface area contributed by atoms with Gasteiger partial charge in [0, 0.05) is 5.54 Å². The molecule has 38 heteroatoms. The summed E-state index contributed by atoms with van der Waals surface area (Å²) in [5, 5.41) is -19.6. The molecule has 1 unspecified atom stereocenters. The predicted octanol–water partition coefficient (Wildman–Crippen LogP) is 14.9. The molecule has 1 aromatic carbocycles. The van der Waals surface area contributed by atoms with Crippen LogP contribution in [0.4, 0.5) is 70.2 Å². The summed E-state index contributed by atoms with van der Waals surface area (Å²) in [6, 6.07) is 3.55. The first-order valence-corrected chi connectivity index (χ1v) is 36.6. The van der Waals surface area contributed by atoms with Crippen molar-refractivity contribution in [3.63, 3.8) is 0 Å². The summed E-state index contributed by atoms with van der Waals surface area (Å²) in [6.45, 7) is -2.09. The fraction of sp³-hybridized carbons (Fsp3) is 0.870. The molecule has 11 fully saturated rings. The summed E-state index contributed by atoms with van der Waals surface area (Å²) in [4.78, 5) is 12.4. The van der Waals surface area contributed by atoms with E-state index in [1.54, 1.807) is 12.1 Å². The van der Waals surface area contributed by atoms with Gasteiger partial charge < -0.3 is 8.92 Å². The number of ether oxygens (including phenoxy) is 1. The topological polar surface area (TPSA) is 263 Å². The Morgan fingerprint density at radius 2 is 0.902 bits per heavy atom. The maximum absolute atomic E-state index is 15.0. The SMILES string of the molecule is O=C(OCC(F)(C(F)(F)F)S(=O)(=O)O)C12CC3CC(CC(C3)C1)C2.O=S(=O)(O)C(F)(F)C(F)(F)C(F)(F)S(=O)(=O)NC12CC3CC(CC(C3)C1)C2.O=S(=O)(Oc1c(C2CCCCC2)cc(C2CCCCC2)cc1C1CCCCC1)C(F)(F)C(F)(F)C(F)(F)SOOO. The van der Waals surface area contributed by atoms with Gasteiger partial charge in [0.2, 0.25) is 0 Å². The van der Waals surface area contributed by atoms with Gasteiger partial charge in [-0.25, -0.2) is 22.8 Å². The molecule has 0 saturated heterocycles. The number of halogens is 16. The van der Waals surface area contributed by atoms with Crippen molar-refractivity contribution >= 4 is 58.4 Å². The Labute approximate surface area is 525 Å². The third-order valence-corrected chi connectivity index (χ3v) is 25.8. The van der Waals surface area contributed by atoms with Crippen LogP contribution in [0.1, 0.15) is 208 Å². The lowest BCUT2D eigenvalue weighted by atomic mass is 9.49. The first kappa shape index (κ1) is 75.1. The standard InChI is InChI=1S/C27H36F6O6S2.C14H18F4O5S.C13H17F6NO5S2/c28-25(29,26(30,31)40-39-38-34)27(32,33)41(35,36)37-24-22(19-12-6-2-7-13-19)16-21(18-10-4-1-5-11-18)17-23(24)20-14-8-3-9-15-20;15-13(14(16,17)18,24(20,21)22)7-23-11(19)12-4-8-1-9(5-12)3-10(2-8)6-12;14-11(15,13(18,19)27(23,24)25)12(16,17)26(21,22)20-10-4-7-1-8(5-10)3-9(2-7)6-10/h16-20,34H,1-15H2;8-10H,1-7H2,(H,20,21,22);7-9,20H,1-6H2,(H,23,24,25). The summed E-state index contributed by atoms with van der Waals surface area (Å²) in [6.07, 6.45) is 13.8. The Balaban J connectivity index is 0.000000186. The molecule has 530 valence electrons. The molecule has 0 spiro atoms. The van der Waals surface area contributed by atoms with Crippen LogP contribution in [0.2, 0.25) is 0 Å². The van der Waals surface area contributed by atoms with E-state index in [0.717, 1.165) is 115 Å². The fourth-order valence-electron chi connectivity index (χ4n) is 16.6. The van der Waals surface area contributed by atoms with E-state index >= 15 is 0 Å². The number of benzene rings is 1. The molecular formula is C54H71F16NO16S5. The van der Waals surface area contributed by atoms with Gasteiger partial charge in [-0.3, -0.25) is 13.9 Å². The van der Waals surface area contributed by atoms with Crippen molar-refractivity contribution < 1.29 is 141 Å². The largest absolute Gasteiger partial charge is 0.460 e. The van der Waals surface area contributed by atoms with Crippen LogP contribution in [-0.2, 0) is 59.3 Å². The molecule has 0 radical (unpaired) electrons. The van der Waals surface area contributed by atoms with Crippen LogP contribution in [0, 0.1) is 40.9 Å². The number of hydrogen-bond acceptors (Lipinski definition) is 15. The number of carbonyl (C=O) groups excluding carboxylic acids is 1. The van der Waals surface area contributed by atoms with Gasteiger partial charge in [0.25, 0.3) is 10.0 Å². The lowest BCUT2D eigenvalue weighted by molar-refractivity contribution is -0.434. The second-order valence-electron chi connectivity index (χ2n) is 26.8. The second kappa shape index (κ2) is 26.5. The van der Waals surface area contributed by atoms with E-state index in [-0.39, 0.29) is 54.8 Å². The van der Waals surface area contributed by atoms with E-state index in [0.29, 0.717) is 73.8 Å². The Morgan fingerprint density at radius 3 is 1.26 bits per heavy atom. The van der Waals surface area contributed by atoms with Crippen molar-refractivity contribution in [1.29, 1.82) is 0 Å². The van der Waals surface area contributed by atoms with E-state index in [4.69, 9.17) is 18.5 Å². The van der Waals surface area contributed by atoms with E-state index in [9.17, 15) is 109 Å². The number of carbonyl (C=O) groups is 1. The van der Waals surface area contributed by atoms with Crippen LogP contribution >= 0.6 is 12.0 Å². The first-order valence-electron chi connectivity index (χ1n) is 30.1. The van der Waals surface area contributed by atoms with Crippen molar-refractivity contribution in [1.82, 2.24) is 4.72 Å². The van der Waals surface area contributed by atoms with E-state index in [1.807, 2.05) is 0 Å². The van der Waals surface area contributed by atoms with Crippen LogP contribution in [0.15, 0.2) is 12.1 Å². The van der Waals surface area contributed by atoms with Crippen LogP contribution < -0.4 is 8.91 Å². The highest BCUT2D eigenvalue weighted by Gasteiger charge is 2.83. The highest BCUT2D eigenvalue weighted by Crippen LogP contribution is 2.62. The summed E-state index contributed by atoms with van der Waals surface area (Å²) in [7, 11) is -26.2. The number of nitrogens with one attached hydrogen (secondary N) is 1. The first-order chi connectivity index (χ1) is 42.1. The summed E-state index contributed by atoms with van der Waals surface area (Å²) >= 11 is -1.65. The molecule has 0 aliphatic heterocycles. The van der Waals surface area contributed by atoms with Crippen LogP contribution in [-0.4, -0.2) is 110 Å². The molecule has 11 saturated carbocycles. The molecule has 1 aromatic rings. The van der Waals surface area contributed by atoms with Crippen LogP contribution in [0.3, 0.4) is 0 Å². The second-order valence-corrected chi connectivity index (χ2v) is 34.0. The monoisotopic (exact) mass is 1450 g/mol. The normalized spacial score (nSPS) is 29.6. The van der Waals surface area contributed by atoms with Crippen LogP contribution in [0.25, 0.3) is 0 Å². The van der Waals surface area contributed by atoms with Crippen molar-refractivity contribution in [3.8, 4) is 5.75 Å². The van der Waals surface area contributed by atoms with Crippen molar-refractivity contribution in [3.05, 3.63) is 28.8 Å². The highest BCUT2D eigenvalue weighted by atomic mass is 32.2. The minimum atomic E-state index is -7.01. The molecule has 17 nitrogen and oxygen atoms in total. The van der Waals surface area contributed by atoms with E-state index in [2.05, 4.69) is 14.1 Å². The fourth-order valence-corrected chi connectivity index (χ4v) is 20.4. The molecule has 11 aliphatic rings. The molecule has 1 atom stereocenters. The number of rotatable bonds is 21. The highest BCUT2D eigenvalue weighted by molar-refractivity contribution is 7.95. The Kier molecular flexibility index (Phi) is 21.6. The van der Waals surface area contributed by atoms with Gasteiger partial charge in [0.05, 0.1) is 5.41 Å². The average Bonchev–Trinajstić information content (AvgIpc) is 0.725. The lowest BCUT2D eigenvalue weighted by Crippen LogP contribution is -2.67. The van der Waals surface area contributed by atoms with Crippen molar-refractivity contribution in [2.75, 3.05) is 6.61 Å². The molecule has 0 amide bonds. The third kappa shape index (κ3) is 14.4. The smallest absolute Gasteiger partial charge is 0.450 e. The summed E-state index contributed by atoms with van der Waals surface area (Å²) in [5.41, 5.74) is -0.693. The third-order valence-electron chi connectivity index (χ3n) is 20.2. The molecule has 8 bridgehead atoms. The van der Waals surface area contributed by atoms with Crippen molar-refractivity contribution in [2.45, 2.75) is 241 Å².